The Hall–Kier alpha value is -12.2. The molecular weight excluding hydrogens is 1070 g/mol. The molecule has 88 heavy (non-hydrogen) atoms. The fourth-order valence-electron chi connectivity index (χ4n) is 12.8. The Morgan fingerprint density at radius 1 is 0.261 bits per heavy atom. The fraction of sp³-hybridized carbons (Fsp3) is 0. The van der Waals surface area contributed by atoms with Gasteiger partial charge in [-0.25, -0.2) is 4.98 Å². The van der Waals surface area contributed by atoms with E-state index in [0.717, 1.165) is 150 Å². The van der Waals surface area contributed by atoms with Gasteiger partial charge in [0.25, 0.3) is 0 Å². The Morgan fingerprint density at radius 2 is 0.580 bits per heavy atom. The van der Waals surface area contributed by atoms with E-state index in [9.17, 15) is 5.26 Å². The van der Waals surface area contributed by atoms with E-state index in [1.807, 2.05) is 97.7 Å². The molecule has 0 aliphatic heterocycles. The zero-order valence-electron chi connectivity index (χ0n) is 47.4. The minimum atomic E-state index is 0.538. The molecule has 410 valence electrons. The van der Waals surface area contributed by atoms with Gasteiger partial charge in [0.2, 0.25) is 0 Å². The minimum Gasteiger partial charge on any atom is -0.307 e. The lowest BCUT2D eigenvalue weighted by Gasteiger charge is -2.18. The predicted octanol–water partition coefficient (Wildman–Crippen LogP) is 19.7. The third-order valence-electron chi connectivity index (χ3n) is 16.9. The highest BCUT2D eigenvalue weighted by atomic mass is 15.1. The summed E-state index contributed by atoms with van der Waals surface area (Å²) in [5.41, 5.74) is 22.6. The van der Waals surface area contributed by atoms with Crippen LogP contribution < -0.4 is 0 Å². The molecule has 9 aromatic carbocycles. The van der Waals surface area contributed by atoms with Crippen molar-refractivity contribution in [2.45, 2.75) is 0 Å². The predicted molar refractivity (Wildman–Crippen MR) is 358 cm³/mol. The molecule has 0 unspecified atom stereocenters. The second-order valence-corrected chi connectivity index (χ2v) is 21.9. The highest BCUT2D eigenvalue weighted by Gasteiger charge is 2.24. The minimum absolute atomic E-state index is 0.538. The molecule has 0 fully saturated rings. The Labute approximate surface area is 507 Å². The molecule has 0 saturated carbocycles. The summed E-state index contributed by atoms with van der Waals surface area (Å²) in [4.78, 5) is 25.5. The van der Waals surface area contributed by atoms with E-state index in [1.54, 1.807) is 0 Å². The molecule has 16 aromatic rings. The van der Waals surface area contributed by atoms with Crippen LogP contribution in [0, 0.1) is 11.3 Å². The standard InChI is InChI=1S/C80H50N8/c81-50-60-27-13-14-28-61(60)70-49-76(88-73-47-58(64-31-17-43-84-79(64)54-23-9-3-10-24-54)35-39-68(73)69-40-36-59(48-74(69)88)65-32-18-44-85-80(65)55-25-11-4-12-26-55)86-51-75(70)87-71-45-56(62-29-15-41-82-77(62)52-19-5-1-6-20-52)33-37-66(71)67-38-34-57(46-72(67)87)63-30-16-42-83-78(63)53-21-7-2-8-22-53/h1-49,51H. The molecule has 7 heterocycles. The second-order valence-electron chi connectivity index (χ2n) is 21.9. The SMILES string of the molecule is N#Cc1ccccc1-c1cc(-n2c3cc(-c4cccnc4-c4ccccc4)ccc3c3ccc(-c4cccnc4-c4ccccc4)cc32)ncc1-n1c2cc(-c3cccnc3-c3ccccc3)ccc2c2ccc(-c3cccnc3-c3ccccc3)cc21. The number of pyridine rings is 5. The summed E-state index contributed by atoms with van der Waals surface area (Å²) in [5.74, 6) is 0.678. The van der Waals surface area contributed by atoms with Crippen LogP contribution in [0.15, 0.2) is 304 Å². The lowest BCUT2D eigenvalue weighted by Crippen LogP contribution is -2.04. The maximum absolute atomic E-state index is 11.1. The molecule has 0 bridgehead atoms. The van der Waals surface area contributed by atoms with Gasteiger partial charge in [0.15, 0.2) is 0 Å². The number of aromatic nitrogens is 7. The summed E-state index contributed by atoms with van der Waals surface area (Å²) in [6.45, 7) is 0. The van der Waals surface area contributed by atoms with E-state index in [0.29, 0.717) is 11.4 Å². The van der Waals surface area contributed by atoms with Crippen LogP contribution in [0.3, 0.4) is 0 Å². The van der Waals surface area contributed by atoms with Gasteiger partial charge in [-0.15, -0.1) is 0 Å². The van der Waals surface area contributed by atoms with Gasteiger partial charge in [0, 0.05) is 102 Å². The summed E-state index contributed by atoms with van der Waals surface area (Å²) < 4.78 is 4.64. The van der Waals surface area contributed by atoms with Crippen molar-refractivity contribution in [1.29, 1.82) is 5.26 Å². The number of rotatable bonds is 11. The summed E-state index contributed by atoms with van der Waals surface area (Å²) >= 11 is 0. The van der Waals surface area contributed by atoms with Gasteiger partial charge in [0.1, 0.15) is 5.82 Å². The van der Waals surface area contributed by atoms with Crippen LogP contribution in [0.1, 0.15) is 5.56 Å². The second kappa shape index (κ2) is 21.8. The normalized spacial score (nSPS) is 11.4. The van der Waals surface area contributed by atoms with Crippen LogP contribution in [0.25, 0.3) is 156 Å². The molecule has 0 saturated heterocycles. The van der Waals surface area contributed by atoms with Crippen molar-refractivity contribution in [3.05, 3.63) is 310 Å². The molecule has 0 spiro atoms. The Morgan fingerprint density at radius 3 is 0.932 bits per heavy atom. The van der Waals surface area contributed by atoms with Crippen LogP contribution in [0.5, 0.6) is 0 Å². The van der Waals surface area contributed by atoms with Crippen LogP contribution in [0.4, 0.5) is 0 Å². The number of benzene rings is 9. The first-order chi connectivity index (χ1) is 43.6. The Balaban J connectivity index is 0.984. The van der Waals surface area contributed by atoms with Crippen molar-refractivity contribution in [2.24, 2.45) is 0 Å². The van der Waals surface area contributed by atoms with Crippen LogP contribution in [0.2, 0.25) is 0 Å². The highest BCUT2D eigenvalue weighted by molar-refractivity contribution is 6.14. The van der Waals surface area contributed by atoms with Crippen molar-refractivity contribution in [2.75, 3.05) is 0 Å². The van der Waals surface area contributed by atoms with E-state index in [-0.39, 0.29) is 0 Å². The van der Waals surface area contributed by atoms with Gasteiger partial charge < -0.3 is 4.57 Å². The average molecular weight is 1120 g/mol. The Bertz CT molecular complexity index is 5110. The molecule has 8 heteroatoms. The van der Waals surface area contributed by atoms with E-state index < -0.39 is 0 Å². The monoisotopic (exact) mass is 1120 g/mol. The summed E-state index contributed by atoms with van der Waals surface area (Å²) in [6, 6.07) is 97.6. The summed E-state index contributed by atoms with van der Waals surface area (Å²) in [5, 5.41) is 15.4. The topological polar surface area (TPSA) is 98.1 Å². The van der Waals surface area contributed by atoms with Crippen molar-refractivity contribution in [3.63, 3.8) is 0 Å². The lowest BCUT2D eigenvalue weighted by molar-refractivity contribution is 1.06. The highest BCUT2D eigenvalue weighted by Crippen LogP contribution is 2.45. The number of fused-ring (bicyclic) bond motifs is 6. The van der Waals surface area contributed by atoms with Crippen LogP contribution in [-0.4, -0.2) is 34.1 Å². The number of hydrogen-bond donors (Lipinski definition) is 0. The third-order valence-corrected chi connectivity index (χ3v) is 16.9. The Kier molecular flexibility index (Phi) is 12.7. The van der Waals surface area contributed by atoms with Gasteiger partial charge in [-0.1, -0.05) is 212 Å². The molecule has 0 N–H and O–H groups in total. The maximum atomic E-state index is 11.1. The van der Waals surface area contributed by atoms with Crippen molar-refractivity contribution >= 4 is 43.6 Å². The van der Waals surface area contributed by atoms with Gasteiger partial charge in [-0.05, 0) is 82.9 Å². The zero-order chi connectivity index (χ0) is 58.5. The number of nitrogens with zero attached hydrogens (tertiary/aromatic N) is 8. The number of nitriles is 1. The van der Waals surface area contributed by atoms with Crippen molar-refractivity contribution in [1.82, 2.24) is 34.1 Å². The molecule has 0 amide bonds. The zero-order valence-corrected chi connectivity index (χ0v) is 47.4. The van der Waals surface area contributed by atoms with E-state index in [2.05, 4.69) is 221 Å². The smallest absolute Gasteiger partial charge is 0.138 e. The average Bonchev–Trinajstić information content (AvgIpc) is 2.23. The molecule has 8 nitrogen and oxygen atoms in total. The quantitative estimate of drug-likeness (QED) is 0.128. The van der Waals surface area contributed by atoms with Crippen LogP contribution >= 0.6 is 0 Å². The first kappa shape index (κ1) is 51.5. The molecule has 7 aromatic heterocycles. The van der Waals surface area contributed by atoms with Crippen molar-refractivity contribution in [3.8, 4) is 118 Å². The van der Waals surface area contributed by atoms with Gasteiger partial charge in [-0.3, -0.25) is 24.5 Å². The third kappa shape index (κ3) is 8.89. The molecular formula is C80H50N8. The van der Waals surface area contributed by atoms with Gasteiger partial charge >= 0.3 is 0 Å². The lowest BCUT2D eigenvalue weighted by atomic mass is 9.97. The van der Waals surface area contributed by atoms with E-state index in [1.165, 1.54) is 0 Å². The fourth-order valence-corrected chi connectivity index (χ4v) is 12.8. The molecule has 0 aliphatic carbocycles. The first-order valence-corrected chi connectivity index (χ1v) is 29.3. The van der Waals surface area contributed by atoms with E-state index in [4.69, 9.17) is 24.9 Å². The maximum Gasteiger partial charge on any atom is 0.138 e. The molecule has 16 rings (SSSR count). The van der Waals surface area contributed by atoms with Crippen molar-refractivity contribution < 1.29 is 0 Å². The van der Waals surface area contributed by atoms with Crippen LogP contribution in [-0.2, 0) is 0 Å². The first-order valence-electron chi connectivity index (χ1n) is 29.3. The largest absolute Gasteiger partial charge is 0.307 e. The van der Waals surface area contributed by atoms with Gasteiger partial charge in [-0.2, -0.15) is 5.26 Å². The molecule has 0 aliphatic rings. The summed E-state index contributed by atoms with van der Waals surface area (Å²) in [6.07, 6.45) is 9.44. The number of hydrogen-bond acceptors (Lipinski definition) is 6. The van der Waals surface area contributed by atoms with Gasteiger partial charge in [0.05, 0.1) is 68.4 Å². The molecule has 0 radical (unpaired) electrons. The summed E-state index contributed by atoms with van der Waals surface area (Å²) in [7, 11) is 0. The molecule has 0 atom stereocenters. The van der Waals surface area contributed by atoms with E-state index >= 15 is 0 Å².